The van der Waals surface area contributed by atoms with Gasteiger partial charge in [-0.1, -0.05) is 31.5 Å². The minimum Gasteiger partial charge on any atom is -0.467 e. The van der Waals surface area contributed by atoms with Crippen molar-refractivity contribution in [2.24, 2.45) is 0 Å². The highest BCUT2D eigenvalue weighted by molar-refractivity contribution is 5.97. The van der Waals surface area contributed by atoms with Gasteiger partial charge in [0.25, 0.3) is 0 Å². The Balaban J connectivity index is 1.58. The van der Waals surface area contributed by atoms with E-state index in [0.29, 0.717) is 12.3 Å². The zero-order valence-corrected chi connectivity index (χ0v) is 15.9. The highest BCUT2D eigenvalue weighted by atomic mass is 16.3. The van der Waals surface area contributed by atoms with Gasteiger partial charge < -0.3 is 19.5 Å². The largest absolute Gasteiger partial charge is 0.467 e. The van der Waals surface area contributed by atoms with E-state index < -0.39 is 0 Å². The van der Waals surface area contributed by atoms with Gasteiger partial charge in [-0.25, -0.2) is 0 Å². The second kappa shape index (κ2) is 9.60. The van der Waals surface area contributed by atoms with Gasteiger partial charge in [0.1, 0.15) is 17.1 Å². The Bertz CT molecular complexity index is 954. The Morgan fingerprint density at radius 2 is 1.96 bits per heavy atom. The fraction of sp³-hybridized carbons (Fsp3) is 0.273. The number of aryl methyl sites for hydroxylation is 1. The summed E-state index contributed by atoms with van der Waals surface area (Å²) in [4.78, 5) is 23.9. The monoisotopic (exact) mass is 380 g/mol. The van der Waals surface area contributed by atoms with E-state index in [9.17, 15) is 9.59 Å². The molecule has 0 unspecified atom stereocenters. The Morgan fingerprint density at radius 3 is 2.75 bits per heavy atom. The van der Waals surface area contributed by atoms with Crippen molar-refractivity contribution in [2.75, 3.05) is 6.54 Å². The molecular weight excluding hydrogens is 356 g/mol. The maximum absolute atomic E-state index is 12.1. The van der Waals surface area contributed by atoms with Crippen molar-refractivity contribution in [2.45, 2.75) is 32.7 Å². The number of carbonyl (C=O) groups is 2. The van der Waals surface area contributed by atoms with Gasteiger partial charge in [-0.15, -0.1) is 0 Å². The molecule has 2 heterocycles. The molecule has 2 N–H and O–H groups in total. The van der Waals surface area contributed by atoms with Crippen LogP contribution in [-0.2, 0) is 22.6 Å². The minimum atomic E-state index is -0.333. The van der Waals surface area contributed by atoms with E-state index in [-0.39, 0.29) is 18.4 Å². The summed E-state index contributed by atoms with van der Waals surface area (Å²) in [6.07, 6.45) is 7.64. The standard InChI is InChI=1S/C22H24N2O4/c1-2-3-9-19-18(17-8-4-5-10-20(17)28-19)11-12-21(25)24-15-22(26)23-14-16-7-6-13-27-16/h4-8,10-13H,2-3,9,14-15H2,1H3,(H,23,26)(H,24,25)/b12-11+. The molecule has 0 radical (unpaired) electrons. The van der Waals surface area contributed by atoms with Crippen molar-refractivity contribution in [1.82, 2.24) is 10.6 Å². The summed E-state index contributed by atoms with van der Waals surface area (Å²) >= 11 is 0. The number of unbranched alkanes of at least 4 members (excludes halogenated alkanes) is 1. The molecule has 0 aliphatic rings. The molecule has 0 saturated carbocycles. The van der Waals surface area contributed by atoms with Crippen molar-refractivity contribution >= 4 is 28.9 Å². The lowest BCUT2D eigenvalue weighted by atomic mass is 10.1. The predicted octanol–water partition coefficient (Wildman–Crippen LogP) is 3.81. The Morgan fingerprint density at radius 1 is 1.11 bits per heavy atom. The van der Waals surface area contributed by atoms with Gasteiger partial charge in [0.15, 0.2) is 0 Å². The summed E-state index contributed by atoms with van der Waals surface area (Å²) in [6, 6.07) is 11.3. The molecule has 0 aliphatic carbocycles. The molecule has 1 aromatic carbocycles. The third kappa shape index (κ3) is 5.13. The lowest BCUT2D eigenvalue weighted by Crippen LogP contribution is -2.35. The van der Waals surface area contributed by atoms with Crippen molar-refractivity contribution in [3.8, 4) is 0 Å². The van der Waals surface area contributed by atoms with Crippen LogP contribution in [0, 0.1) is 0 Å². The predicted molar refractivity (Wildman–Crippen MR) is 107 cm³/mol. The second-order valence-corrected chi connectivity index (χ2v) is 6.45. The van der Waals surface area contributed by atoms with Gasteiger partial charge in [0.05, 0.1) is 19.4 Å². The molecule has 0 atom stereocenters. The number of fused-ring (bicyclic) bond motifs is 1. The van der Waals surface area contributed by atoms with Crippen molar-refractivity contribution in [1.29, 1.82) is 0 Å². The molecule has 6 heteroatoms. The number of para-hydroxylation sites is 1. The summed E-state index contributed by atoms with van der Waals surface area (Å²) in [5, 5.41) is 6.25. The van der Waals surface area contributed by atoms with Gasteiger partial charge >= 0.3 is 0 Å². The van der Waals surface area contributed by atoms with Gasteiger partial charge in [-0.3, -0.25) is 9.59 Å². The summed E-state index contributed by atoms with van der Waals surface area (Å²) in [6.45, 7) is 2.32. The van der Waals surface area contributed by atoms with Crippen LogP contribution in [0.2, 0.25) is 0 Å². The van der Waals surface area contributed by atoms with Crippen LogP contribution in [0.1, 0.15) is 36.8 Å². The quantitative estimate of drug-likeness (QED) is 0.553. The topological polar surface area (TPSA) is 84.5 Å². The Hall–Kier alpha value is -3.28. The number of nitrogens with one attached hydrogen (secondary N) is 2. The lowest BCUT2D eigenvalue weighted by Gasteiger charge is -2.04. The van der Waals surface area contributed by atoms with E-state index in [0.717, 1.165) is 41.6 Å². The van der Waals surface area contributed by atoms with Gasteiger partial charge in [0.2, 0.25) is 11.8 Å². The minimum absolute atomic E-state index is 0.0985. The zero-order valence-electron chi connectivity index (χ0n) is 15.9. The molecule has 3 aromatic rings. The molecular formula is C22H24N2O4. The van der Waals surface area contributed by atoms with Crippen LogP contribution in [0.3, 0.4) is 0 Å². The lowest BCUT2D eigenvalue weighted by molar-refractivity contribution is -0.124. The molecule has 3 rings (SSSR count). The van der Waals surface area contributed by atoms with Crippen molar-refractivity contribution in [3.63, 3.8) is 0 Å². The summed E-state index contributed by atoms with van der Waals surface area (Å²) in [5.74, 6) is 0.921. The maximum Gasteiger partial charge on any atom is 0.244 e. The van der Waals surface area contributed by atoms with E-state index in [1.165, 1.54) is 6.08 Å². The van der Waals surface area contributed by atoms with E-state index >= 15 is 0 Å². The van der Waals surface area contributed by atoms with Crippen LogP contribution in [0.4, 0.5) is 0 Å². The maximum atomic E-state index is 12.1. The highest BCUT2D eigenvalue weighted by Crippen LogP contribution is 2.28. The van der Waals surface area contributed by atoms with Crippen molar-refractivity contribution in [3.05, 3.63) is 65.8 Å². The average molecular weight is 380 g/mol. The molecule has 28 heavy (non-hydrogen) atoms. The van der Waals surface area contributed by atoms with Crippen LogP contribution in [0.25, 0.3) is 17.0 Å². The number of hydrogen-bond donors (Lipinski definition) is 2. The number of hydrogen-bond acceptors (Lipinski definition) is 4. The third-order valence-corrected chi connectivity index (χ3v) is 4.33. The first-order valence-corrected chi connectivity index (χ1v) is 9.42. The highest BCUT2D eigenvalue weighted by Gasteiger charge is 2.12. The molecule has 146 valence electrons. The summed E-state index contributed by atoms with van der Waals surface area (Å²) in [7, 11) is 0. The molecule has 0 spiro atoms. The summed E-state index contributed by atoms with van der Waals surface area (Å²) < 4.78 is 11.1. The Labute approximate surface area is 163 Å². The SMILES string of the molecule is CCCCc1oc2ccccc2c1/C=C/C(=O)NCC(=O)NCc1ccco1. The molecule has 2 amide bonds. The van der Waals surface area contributed by atoms with E-state index in [1.54, 1.807) is 24.5 Å². The van der Waals surface area contributed by atoms with Crippen molar-refractivity contribution < 1.29 is 18.4 Å². The average Bonchev–Trinajstić information content (AvgIpc) is 3.35. The fourth-order valence-corrected chi connectivity index (χ4v) is 2.87. The number of furan rings is 2. The van der Waals surface area contributed by atoms with Gasteiger partial charge in [0, 0.05) is 23.4 Å². The number of benzene rings is 1. The molecule has 0 bridgehead atoms. The van der Waals surface area contributed by atoms with E-state index in [4.69, 9.17) is 8.83 Å². The van der Waals surface area contributed by atoms with Gasteiger partial charge in [-0.05, 0) is 30.7 Å². The first-order chi connectivity index (χ1) is 13.7. The van der Waals surface area contributed by atoms with Crippen LogP contribution in [0.5, 0.6) is 0 Å². The van der Waals surface area contributed by atoms with Gasteiger partial charge in [-0.2, -0.15) is 0 Å². The van der Waals surface area contributed by atoms with E-state index in [2.05, 4.69) is 17.6 Å². The molecule has 6 nitrogen and oxygen atoms in total. The molecule has 0 aliphatic heterocycles. The Kier molecular flexibility index (Phi) is 6.68. The normalized spacial score (nSPS) is 11.2. The van der Waals surface area contributed by atoms with Crippen LogP contribution < -0.4 is 10.6 Å². The van der Waals surface area contributed by atoms with E-state index in [1.807, 2.05) is 24.3 Å². The second-order valence-electron chi connectivity index (χ2n) is 6.45. The number of carbonyl (C=O) groups excluding carboxylic acids is 2. The van der Waals surface area contributed by atoms with Crippen LogP contribution in [0.15, 0.2) is 57.6 Å². The number of rotatable bonds is 9. The molecule has 0 fully saturated rings. The number of amides is 2. The molecule has 0 saturated heterocycles. The molecule has 2 aromatic heterocycles. The van der Waals surface area contributed by atoms with Crippen LogP contribution >= 0.6 is 0 Å². The van der Waals surface area contributed by atoms with Crippen LogP contribution in [-0.4, -0.2) is 18.4 Å². The smallest absolute Gasteiger partial charge is 0.244 e. The zero-order chi connectivity index (χ0) is 19.8. The first kappa shape index (κ1) is 19.5. The third-order valence-electron chi connectivity index (χ3n) is 4.33. The fourth-order valence-electron chi connectivity index (χ4n) is 2.87. The summed E-state index contributed by atoms with van der Waals surface area (Å²) in [5.41, 5.74) is 1.73. The first-order valence-electron chi connectivity index (χ1n) is 9.42.